The Morgan fingerprint density at radius 1 is 1.18 bits per heavy atom. The number of carbonyl (C=O) groups excluding carboxylic acids is 3. The molecule has 1 saturated heterocycles. The first kappa shape index (κ1) is 20.3. The van der Waals surface area contributed by atoms with Crippen molar-refractivity contribution < 1.29 is 19.1 Å². The lowest BCUT2D eigenvalue weighted by atomic mass is 10.1. The monoisotopic (exact) mass is 436 g/mol. The van der Waals surface area contributed by atoms with E-state index in [1.165, 1.54) is 0 Å². The van der Waals surface area contributed by atoms with Crippen molar-refractivity contribution in [2.45, 2.75) is 6.61 Å². The molecule has 3 rings (SSSR count). The summed E-state index contributed by atoms with van der Waals surface area (Å²) in [7, 11) is 0. The van der Waals surface area contributed by atoms with Crippen LogP contribution in [0.2, 0.25) is 10.0 Å². The lowest BCUT2D eigenvalue weighted by molar-refractivity contribution is -0.127. The molecule has 0 unspecified atom stereocenters. The molecule has 0 saturated carbocycles. The van der Waals surface area contributed by atoms with Crippen LogP contribution in [0.25, 0.3) is 6.08 Å². The van der Waals surface area contributed by atoms with Crippen LogP contribution in [0.4, 0.5) is 4.79 Å². The number of imide groups is 1. The first-order chi connectivity index (χ1) is 13.3. The van der Waals surface area contributed by atoms with Crippen molar-refractivity contribution >= 4 is 58.1 Å². The number of halogens is 2. The molecule has 2 aromatic rings. The van der Waals surface area contributed by atoms with E-state index < -0.39 is 23.6 Å². The molecule has 3 amide bonds. The summed E-state index contributed by atoms with van der Waals surface area (Å²) in [6.07, 6.45) is 1.55. The first-order valence-corrected chi connectivity index (χ1v) is 9.62. The number of hydrogen-bond donors (Lipinski definition) is 1. The Morgan fingerprint density at radius 3 is 2.64 bits per heavy atom. The molecule has 144 valence electrons. The largest absolute Gasteiger partial charge is 0.488 e. The minimum absolute atomic E-state index is 0.187. The third-order valence-electron chi connectivity index (χ3n) is 3.79. The molecule has 9 heteroatoms. The Labute approximate surface area is 175 Å². The first-order valence-electron chi connectivity index (χ1n) is 8.04. The summed E-state index contributed by atoms with van der Waals surface area (Å²) >= 11 is 12.8. The quantitative estimate of drug-likeness (QED) is 0.688. The predicted octanol–water partition coefficient (Wildman–Crippen LogP) is 4.09. The molecule has 0 aromatic heterocycles. The maximum Gasteiger partial charge on any atom is 0.294 e. The number of primary amides is 1. The number of amides is 3. The SMILES string of the molecule is NC(=O)CN1C(=O)S/C(=C\c2ccccc2OCc2ccc(Cl)cc2Cl)C1=O. The number of para-hydroxylation sites is 1. The molecule has 2 aromatic carbocycles. The molecule has 1 aliphatic rings. The van der Waals surface area contributed by atoms with E-state index in [9.17, 15) is 14.4 Å². The van der Waals surface area contributed by atoms with Crippen LogP contribution in [0.15, 0.2) is 47.4 Å². The van der Waals surface area contributed by atoms with E-state index in [0.29, 0.717) is 21.4 Å². The number of ether oxygens (including phenoxy) is 1. The summed E-state index contributed by atoms with van der Waals surface area (Å²) in [6, 6.07) is 12.2. The van der Waals surface area contributed by atoms with Gasteiger partial charge < -0.3 is 10.5 Å². The second-order valence-electron chi connectivity index (χ2n) is 5.80. The normalized spacial score (nSPS) is 15.4. The molecule has 1 fully saturated rings. The minimum atomic E-state index is -0.757. The van der Waals surface area contributed by atoms with E-state index in [0.717, 1.165) is 22.2 Å². The number of carbonyl (C=O) groups is 3. The molecule has 0 atom stereocenters. The zero-order chi connectivity index (χ0) is 20.3. The van der Waals surface area contributed by atoms with Crippen molar-refractivity contribution in [1.29, 1.82) is 0 Å². The number of nitrogens with two attached hydrogens (primary N) is 1. The van der Waals surface area contributed by atoms with Crippen molar-refractivity contribution in [3.8, 4) is 5.75 Å². The number of rotatable bonds is 6. The highest BCUT2D eigenvalue weighted by Gasteiger charge is 2.36. The number of thioether (sulfide) groups is 1. The van der Waals surface area contributed by atoms with Gasteiger partial charge in [0.25, 0.3) is 11.1 Å². The van der Waals surface area contributed by atoms with Gasteiger partial charge in [0, 0.05) is 21.2 Å². The Morgan fingerprint density at radius 2 is 1.93 bits per heavy atom. The van der Waals surface area contributed by atoms with Gasteiger partial charge in [-0.3, -0.25) is 19.3 Å². The third kappa shape index (κ3) is 4.67. The highest BCUT2D eigenvalue weighted by atomic mass is 35.5. The standard InChI is InChI=1S/C19H14Cl2N2O4S/c20-13-6-5-12(14(21)8-13)10-27-15-4-2-1-3-11(15)7-16-18(25)23(9-17(22)24)19(26)28-16/h1-8H,9-10H2,(H2,22,24)/b16-7-. The average molecular weight is 437 g/mol. The molecule has 0 bridgehead atoms. The van der Waals surface area contributed by atoms with Crippen LogP contribution in [-0.2, 0) is 16.2 Å². The fraction of sp³-hybridized carbons (Fsp3) is 0.105. The second-order valence-corrected chi connectivity index (χ2v) is 7.63. The highest BCUT2D eigenvalue weighted by molar-refractivity contribution is 8.18. The zero-order valence-corrected chi connectivity index (χ0v) is 16.7. The Hall–Kier alpha value is -2.48. The maximum atomic E-state index is 12.4. The molecular formula is C19H14Cl2N2O4S. The molecule has 1 aliphatic heterocycles. The molecule has 28 heavy (non-hydrogen) atoms. The van der Waals surface area contributed by atoms with Crippen LogP contribution >= 0.6 is 35.0 Å². The lowest BCUT2D eigenvalue weighted by Gasteiger charge is -2.11. The van der Waals surface area contributed by atoms with Crippen molar-refractivity contribution in [3.05, 3.63) is 68.5 Å². The van der Waals surface area contributed by atoms with Gasteiger partial charge in [-0.2, -0.15) is 0 Å². The van der Waals surface area contributed by atoms with Gasteiger partial charge in [0.15, 0.2) is 0 Å². The van der Waals surface area contributed by atoms with E-state index in [4.69, 9.17) is 33.7 Å². The smallest absolute Gasteiger partial charge is 0.294 e. The Balaban J connectivity index is 1.80. The minimum Gasteiger partial charge on any atom is -0.488 e. The van der Waals surface area contributed by atoms with Gasteiger partial charge in [0.2, 0.25) is 5.91 Å². The van der Waals surface area contributed by atoms with Gasteiger partial charge in [0.1, 0.15) is 18.9 Å². The molecule has 0 aliphatic carbocycles. The van der Waals surface area contributed by atoms with Crippen LogP contribution in [0.5, 0.6) is 5.75 Å². The van der Waals surface area contributed by atoms with Gasteiger partial charge in [-0.05, 0) is 36.0 Å². The molecular weight excluding hydrogens is 423 g/mol. The Bertz CT molecular complexity index is 994. The summed E-state index contributed by atoms with van der Waals surface area (Å²) in [5.74, 6) is -0.813. The second kappa shape index (κ2) is 8.68. The van der Waals surface area contributed by atoms with Gasteiger partial charge in [-0.1, -0.05) is 47.5 Å². The van der Waals surface area contributed by atoms with E-state index in [-0.39, 0.29) is 11.5 Å². The highest BCUT2D eigenvalue weighted by Crippen LogP contribution is 2.34. The van der Waals surface area contributed by atoms with Crippen molar-refractivity contribution in [1.82, 2.24) is 4.90 Å². The van der Waals surface area contributed by atoms with Crippen LogP contribution in [0.1, 0.15) is 11.1 Å². The fourth-order valence-corrected chi connectivity index (χ4v) is 3.75. The summed E-state index contributed by atoms with van der Waals surface area (Å²) < 4.78 is 5.84. The van der Waals surface area contributed by atoms with Gasteiger partial charge in [0.05, 0.1) is 4.91 Å². The van der Waals surface area contributed by atoms with Gasteiger partial charge >= 0.3 is 0 Å². The maximum absolute atomic E-state index is 12.4. The summed E-state index contributed by atoms with van der Waals surface area (Å²) in [5.41, 5.74) is 6.44. The van der Waals surface area contributed by atoms with E-state index >= 15 is 0 Å². The Kier molecular flexibility index (Phi) is 6.28. The van der Waals surface area contributed by atoms with E-state index in [1.807, 2.05) is 0 Å². The van der Waals surface area contributed by atoms with Crippen molar-refractivity contribution in [2.24, 2.45) is 5.73 Å². The number of hydrogen-bond acceptors (Lipinski definition) is 5. The van der Waals surface area contributed by atoms with Crippen LogP contribution in [0.3, 0.4) is 0 Å². The molecule has 2 N–H and O–H groups in total. The lowest BCUT2D eigenvalue weighted by Crippen LogP contribution is -2.36. The molecule has 6 nitrogen and oxygen atoms in total. The van der Waals surface area contributed by atoms with Crippen molar-refractivity contribution in [3.63, 3.8) is 0 Å². The summed E-state index contributed by atoms with van der Waals surface area (Å²) in [5, 5.41) is 0.472. The van der Waals surface area contributed by atoms with Gasteiger partial charge in [-0.15, -0.1) is 0 Å². The summed E-state index contributed by atoms with van der Waals surface area (Å²) in [6.45, 7) is -0.251. The number of benzene rings is 2. The average Bonchev–Trinajstić information content (AvgIpc) is 2.89. The van der Waals surface area contributed by atoms with E-state index in [1.54, 1.807) is 48.5 Å². The molecule has 0 radical (unpaired) electrons. The predicted molar refractivity (Wildman–Crippen MR) is 109 cm³/mol. The van der Waals surface area contributed by atoms with Crippen LogP contribution in [-0.4, -0.2) is 28.5 Å². The summed E-state index contributed by atoms with van der Waals surface area (Å²) in [4.78, 5) is 36.3. The third-order valence-corrected chi connectivity index (χ3v) is 5.29. The van der Waals surface area contributed by atoms with Gasteiger partial charge in [-0.25, -0.2) is 0 Å². The molecule has 0 spiro atoms. The fourth-order valence-electron chi connectivity index (χ4n) is 2.46. The number of nitrogens with zero attached hydrogens (tertiary/aromatic N) is 1. The molecule has 1 heterocycles. The van der Waals surface area contributed by atoms with Crippen LogP contribution in [0, 0.1) is 0 Å². The van der Waals surface area contributed by atoms with E-state index in [2.05, 4.69) is 0 Å². The van der Waals surface area contributed by atoms with Crippen molar-refractivity contribution in [2.75, 3.05) is 6.54 Å². The topological polar surface area (TPSA) is 89.7 Å². The van der Waals surface area contributed by atoms with Crippen LogP contribution < -0.4 is 10.5 Å². The zero-order valence-electron chi connectivity index (χ0n) is 14.4.